The zero-order valence-electron chi connectivity index (χ0n) is 11.9. The second-order valence-corrected chi connectivity index (χ2v) is 5.59. The summed E-state index contributed by atoms with van der Waals surface area (Å²) in [6.45, 7) is 7.42. The summed E-state index contributed by atoms with van der Waals surface area (Å²) in [6.07, 6.45) is 3.40. The highest BCUT2D eigenvalue weighted by atomic mass is 15.3. The summed E-state index contributed by atoms with van der Waals surface area (Å²) in [7, 11) is 2.20. The topological polar surface area (TPSA) is 47.1 Å². The van der Waals surface area contributed by atoms with E-state index < -0.39 is 0 Å². The Labute approximate surface area is 110 Å². The molecule has 0 aliphatic heterocycles. The van der Waals surface area contributed by atoms with Crippen LogP contribution in [0.15, 0.2) is 6.07 Å². The van der Waals surface area contributed by atoms with Gasteiger partial charge in [-0.05, 0) is 45.2 Å². The SMILES string of the molecule is CCc1cc(CN(C)CC2CC(N)C2)n(CC)n1. The molecule has 0 atom stereocenters. The van der Waals surface area contributed by atoms with E-state index in [2.05, 4.69) is 41.6 Å². The number of nitrogens with two attached hydrogens (primary N) is 1. The molecule has 2 N–H and O–H groups in total. The minimum absolute atomic E-state index is 0.455. The van der Waals surface area contributed by atoms with Gasteiger partial charge in [0.2, 0.25) is 0 Å². The van der Waals surface area contributed by atoms with E-state index in [9.17, 15) is 0 Å². The maximum Gasteiger partial charge on any atom is 0.0625 e. The van der Waals surface area contributed by atoms with Crippen molar-refractivity contribution in [3.05, 3.63) is 17.5 Å². The quantitative estimate of drug-likeness (QED) is 0.835. The first-order valence-corrected chi connectivity index (χ1v) is 7.12. The molecule has 0 radical (unpaired) electrons. The van der Waals surface area contributed by atoms with E-state index in [0.717, 1.165) is 32.0 Å². The molecular weight excluding hydrogens is 224 g/mol. The van der Waals surface area contributed by atoms with Crippen LogP contribution < -0.4 is 5.73 Å². The molecule has 4 heteroatoms. The zero-order valence-corrected chi connectivity index (χ0v) is 11.9. The fraction of sp³-hybridized carbons (Fsp3) is 0.786. The summed E-state index contributed by atoms with van der Waals surface area (Å²) in [5, 5.41) is 4.60. The number of aryl methyl sites for hydroxylation is 2. The number of nitrogens with zero attached hydrogens (tertiary/aromatic N) is 3. The summed E-state index contributed by atoms with van der Waals surface area (Å²) in [5.41, 5.74) is 8.37. The summed E-state index contributed by atoms with van der Waals surface area (Å²) < 4.78 is 2.13. The Hall–Kier alpha value is -0.870. The minimum Gasteiger partial charge on any atom is -0.328 e. The molecule has 1 fully saturated rings. The Morgan fingerprint density at radius 3 is 2.72 bits per heavy atom. The predicted octanol–water partition coefficient (Wildman–Crippen LogP) is 1.63. The lowest BCUT2D eigenvalue weighted by Crippen LogP contribution is -2.41. The van der Waals surface area contributed by atoms with Gasteiger partial charge in [0.05, 0.1) is 11.4 Å². The average molecular weight is 250 g/mol. The Kier molecular flexibility index (Phi) is 4.40. The number of hydrogen-bond donors (Lipinski definition) is 1. The van der Waals surface area contributed by atoms with Gasteiger partial charge in [-0.15, -0.1) is 0 Å². The van der Waals surface area contributed by atoms with Gasteiger partial charge in [0.15, 0.2) is 0 Å². The van der Waals surface area contributed by atoms with E-state index in [1.807, 2.05) is 0 Å². The molecule has 0 bridgehead atoms. The van der Waals surface area contributed by atoms with Gasteiger partial charge in [0.25, 0.3) is 0 Å². The first kappa shape index (κ1) is 13.6. The van der Waals surface area contributed by atoms with E-state index in [4.69, 9.17) is 5.73 Å². The first-order chi connectivity index (χ1) is 8.62. The Morgan fingerprint density at radius 2 is 2.17 bits per heavy atom. The van der Waals surface area contributed by atoms with Crippen LogP contribution in [0.3, 0.4) is 0 Å². The lowest BCUT2D eigenvalue weighted by Gasteiger charge is -2.35. The lowest BCUT2D eigenvalue weighted by molar-refractivity contribution is 0.175. The van der Waals surface area contributed by atoms with Crippen LogP contribution >= 0.6 is 0 Å². The third-order valence-electron chi connectivity index (χ3n) is 3.85. The molecule has 0 amide bonds. The molecule has 1 aliphatic rings. The predicted molar refractivity (Wildman–Crippen MR) is 74.3 cm³/mol. The largest absolute Gasteiger partial charge is 0.328 e. The second kappa shape index (κ2) is 5.85. The number of aromatic nitrogens is 2. The standard InChI is InChI=1S/C14H26N4/c1-4-13-8-14(18(5-2)16-13)10-17(3)9-11-6-12(15)7-11/h8,11-12H,4-7,9-10,15H2,1-3H3. The lowest BCUT2D eigenvalue weighted by atomic mass is 9.80. The third-order valence-corrected chi connectivity index (χ3v) is 3.85. The Bertz CT molecular complexity index is 379. The first-order valence-electron chi connectivity index (χ1n) is 7.12. The van der Waals surface area contributed by atoms with Crippen LogP contribution in [0.4, 0.5) is 0 Å². The molecule has 1 heterocycles. The molecule has 0 saturated heterocycles. The van der Waals surface area contributed by atoms with Gasteiger partial charge in [-0.25, -0.2) is 0 Å². The molecule has 0 aromatic carbocycles. The van der Waals surface area contributed by atoms with Gasteiger partial charge in [0, 0.05) is 25.7 Å². The molecule has 102 valence electrons. The summed E-state index contributed by atoms with van der Waals surface area (Å²) in [5.74, 6) is 0.800. The van der Waals surface area contributed by atoms with Gasteiger partial charge in [0.1, 0.15) is 0 Å². The Balaban J connectivity index is 1.89. The van der Waals surface area contributed by atoms with Crippen molar-refractivity contribution in [2.45, 2.75) is 52.2 Å². The van der Waals surface area contributed by atoms with Crippen LogP contribution in [0.1, 0.15) is 38.1 Å². The smallest absolute Gasteiger partial charge is 0.0625 e. The van der Waals surface area contributed by atoms with Crippen LogP contribution in [0.25, 0.3) is 0 Å². The molecule has 1 aromatic rings. The van der Waals surface area contributed by atoms with Crippen molar-refractivity contribution in [2.75, 3.05) is 13.6 Å². The van der Waals surface area contributed by atoms with Crippen LogP contribution in [0.2, 0.25) is 0 Å². The van der Waals surface area contributed by atoms with Crippen LogP contribution in [0, 0.1) is 5.92 Å². The van der Waals surface area contributed by atoms with Crippen LogP contribution in [0.5, 0.6) is 0 Å². The van der Waals surface area contributed by atoms with Gasteiger partial charge in [-0.1, -0.05) is 6.92 Å². The molecule has 1 saturated carbocycles. The van der Waals surface area contributed by atoms with E-state index in [0.29, 0.717) is 6.04 Å². The van der Waals surface area contributed by atoms with Gasteiger partial charge in [-0.3, -0.25) is 4.68 Å². The average Bonchev–Trinajstić information content (AvgIpc) is 2.69. The molecule has 2 rings (SSSR count). The molecule has 1 aromatic heterocycles. The van der Waals surface area contributed by atoms with Crippen molar-refractivity contribution in [1.82, 2.24) is 14.7 Å². The van der Waals surface area contributed by atoms with Crippen molar-refractivity contribution < 1.29 is 0 Å². The number of hydrogen-bond acceptors (Lipinski definition) is 3. The van der Waals surface area contributed by atoms with Crippen molar-refractivity contribution in [1.29, 1.82) is 0 Å². The summed E-state index contributed by atoms with van der Waals surface area (Å²) in [6, 6.07) is 2.70. The molecule has 0 spiro atoms. The Morgan fingerprint density at radius 1 is 1.44 bits per heavy atom. The molecule has 18 heavy (non-hydrogen) atoms. The van der Waals surface area contributed by atoms with Crippen LogP contribution in [-0.2, 0) is 19.5 Å². The van der Waals surface area contributed by atoms with E-state index in [1.54, 1.807) is 0 Å². The molecule has 4 nitrogen and oxygen atoms in total. The normalized spacial score (nSPS) is 23.4. The van der Waals surface area contributed by atoms with E-state index in [-0.39, 0.29) is 0 Å². The van der Waals surface area contributed by atoms with Crippen molar-refractivity contribution in [3.63, 3.8) is 0 Å². The zero-order chi connectivity index (χ0) is 13.1. The van der Waals surface area contributed by atoms with Crippen LogP contribution in [-0.4, -0.2) is 34.3 Å². The van der Waals surface area contributed by atoms with E-state index >= 15 is 0 Å². The minimum atomic E-state index is 0.455. The van der Waals surface area contributed by atoms with Crippen molar-refractivity contribution in [3.8, 4) is 0 Å². The maximum absolute atomic E-state index is 5.83. The van der Waals surface area contributed by atoms with Gasteiger partial charge < -0.3 is 10.6 Å². The highest BCUT2D eigenvalue weighted by molar-refractivity contribution is 5.10. The van der Waals surface area contributed by atoms with E-state index in [1.165, 1.54) is 24.2 Å². The fourth-order valence-electron chi connectivity index (χ4n) is 2.81. The highest BCUT2D eigenvalue weighted by Gasteiger charge is 2.26. The third kappa shape index (κ3) is 3.12. The fourth-order valence-corrected chi connectivity index (χ4v) is 2.81. The van der Waals surface area contributed by atoms with Crippen molar-refractivity contribution in [2.24, 2.45) is 11.7 Å². The van der Waals surface area contributed by atoms with Gasteiger partial charge >= 0.3 is 0 Å². The molecular formula is C14H26N4. The summed E-state index contributed by atoms with van der Waals surface area (Å²) >= 11 is 0. The van der Waals surface area contributed by atoms with Crippen molar-refractivity contribution >= 4 is 0 Å². The molecule has 1 aliphatic carbocycles. The van der Waals surface area contributed by atoms with Gasteiger partial charge in [-0.2, -0.15) is 5.10 Å². The molecule has 0 unspecified atom stereocenters. The second-order valence-electron chi connectivity index (χ2n) is 5.59. The highest BCUT2D eigenvalue weighted by Crippen LogP contribution is 2.26. The monoisotopic (exact) mass is 250 g/mol. The number of rotatable bonds is 6. The summed E-state index contributed by atoms with van der Waals surface area (Å²) in [4.78, 5) is 2.40. The maximum atomic E-state index is 5.83.